The molecular formula is C11H14N4O2. The molecule has 1 unspecified atom stereocenters. The van der Waals surface area contributed by atoms with Crippen LogP contribution in [0.25, 0.3) is 5.65 Å². The summed E-state index contributed by atoms with van der Waals surface area (Å²) < 4.78 is 1.71. The number of carboxylic acid groups (broad SMARTS) is 1. The van der Waals surface area contributed by atoms with Gasteiger partial charge in [0.2, 0.25) is 0 Å². The van der Waals surface area contributed by atoms with Crippen LogP contribution in [0.5, 0.6) is 0 Å². The summed E-state index contributed by atoms with van der Waals surface area (Å²) in [6.07, 6.45) is 0. The Labute approximate surface area is 98.1 Å². The maximum Gasteiger partial charge on any atom is 0.326 e. The molecule has 90 valence electrons. The van der Waals surface area contributed by atoms with Crippen molar-refractivity contribution in [3.8, 4) is 0 Å². The first-order valence-electron chi connectivity index (χ1n) is 5.34. The number of aromatic nitrogens is 3. The summed E-state index contributed by atoms with van der Waals surface area (Å²) in [5.41, 5.74) is 6.76. The minimum atomic E-state index is -1.08. The standard InChI is InChI=1S/C11H14N4O2/c1-6(2)10-14-13-8-5-3-4-7(15(8)10)9(12)11(16)17/h3-6,9H,12H2,1-2H3,(H,16,17). The van der Waals surface area contributed by atoms with Gasteiger partial charge in [0, 0.05) is 5.92 Å². The fourth-order valence-electron chi connectivity index (χ4n) is 1.73. The Balaban J connectivity index is 2.70. The van der Waals surface area contributed by atoms with Crippen molar-refractivity contribution in [1.29, 1.82) is 0 Å². The SMILES string of the molecule is CC(C)c1nnc2cccc(C(N)C(=O)O)n12. The van der Waals surface area contributed by atoms with Gasteiger partial charge in [0.05, 0.1) is 5.69 Å². The number of hydrogen-bond acceptors (Lipinski definition) is 4. The quantitative estimate of drug-likeness (QED) is 0.824. The van der Waals surface area contributed by atoms with Gasteiger partial charge in [0.1, 0.15) is 11.9 Å². The summed E-state index contributed by atoms with van der Waals surface area (Å²) in [6.45, 7) is 3.94. The second kappa shape index (κ2) is 4.14. The van der Waals surface area contributed by atoms with Crippen molar-refractivity contribution in [3.05, 3.63) is 29.7 Å². The molecule has 0 radical (unpaired) electrons. The zero-order valence-corrected chi connectivity index (χ0v) is 9.66. The van der Waals surface area contributed by atoms with Crippen molar-refractivity contribution < 1.29 is 9.90 Å². The molecule has 17 heavy (non-hydrogen) atoms. The van der Waals surface area contributed by atoms with E-state index in [2.05, 4.69) is 10.2 Å². The molecular weight excluding hydrogens is 220 g/mol. The van der Waals surface area contributed by atoms with E-state index in [0.29, 0.717) is 17.2 Å². The van der Waals surface area contributed by atoms with Gasteiger partial charge in [0.25, 0.3) is 0 Å². The van der Waals surface area contributed by atoms with Crippen molar-refractivity contribution in [3.63, 3.8) is 0 Å². The van der Waals surface area contributed by atoms with Gasteiger partial charge in [-0.3, -0.25) is 9.20 Å². The monoisotopic (exact) mass is 234 g/mol. The van der Waals surface area contributed by atoms with Gasteiger partial charge in [0.15, 0.2) is 5.65 Å². The second-order valence-corrected chi connectivity index (χ2v) is 4.17. The Bertz CT molecular complexity index is 562. The van der Waals surface area contributed by atoms with Crippen molar-refractivity contribution in [1.82, 2.24) is 14.6 Å². The van der Waals surface area contributed by atoms with Gasteiger partial charge < -0.3 is 10.8 Å². The Morgan fingerprint density at radius 1 is 1.41 bits per heavy atom. The molecule has 0 bridgehead atoms. The van der Waals surface area contributed by atoms with Crippen molar-refractivity contribution >= 4 is 11.6 Å². The van der Waals surface area contributed by atoms with E-state index in [-0.39, 0.29) is 5.92 Å². The molecule has 3 N–H and O–H groups in total. The van der Waals surface area contributed by atoms with Gasteiger partial charge in [-0.15, -0.1) is 10.2 Å². The van der Waals surface area contributed by atoms with E-state index in [0.717, 1.165) is 0 Å². The van der Waals surface area contributed by atoms with Gasteiger partial charge in [-0.25, -0.2) is 0 Å². The topological polar surface area (TPSA) is 93.5 Å². The highest BCUT2D eigenvalue weighted by Crippen LogP contribution is 2.19. The minimum absolute atomic E-state index is 0.146. The van der Waals surface area contributed by atoms with Gasteiger partial charge in [-0.05, 0) is 12.1 Å². The highest BCUT2D eigenvalue weighted by atomic mass is 16.4. The molecule has 2 rings (SSSR count). The number of aliphatic carboxylic acids is 1. The van der Waals surface area contributed by atoms with Crippen LogP contribution in [0.15, 0.2) is 18.2 Å². The van der Waals surface area contributed by atoms with E-state index < -0.39 is 12.0 Å². The fourth-order valence-corrected chi connectivity index (χ4v) is 1.73. The number of carboxylic acids is 1. The smallest absolute Gasteiger partial charge is 0.326 e. The largest absolute Gasteiger partial charge is 0.480 e. The third kappa shape index (κ3) is 1.87. The van der Waals surface area contributed by atoms with Crippen LogP contribution in [0.2, 0.25) is 0 Å². The molecule has 1 atom stereocenters. The van der Waals surface area contributed by atoms with E-state index in [1.165, 1.54) is 0 Å². The third-order valence-electron chi connectivity index (χ3n) is 2.58. The summed E-state index contributed by atoms with van der Waals surface area (Å²) in [6, 6.07) is 4.11. The maximum absolute atomic E-state index is 11.0. The maximum atomic E-state index is 11.0. The normalized spacial score (nSPS) is 13.2. The molecule has 0 aliphatic carbocycles. The van der Waals surface area contributed by atoms with Gasteiger partial charge in [-0.1, -0.05) is 19.9 Å². The average molecular weight is 234 g/mol. The van der Waals surface area contributed by atoms with E-state index >= 15 is 0 Å². The Morgan fingerprint density at radius 3 is 2.71 bits per heavy atom. The molecule has 0 fully saturated rings. The zero-order chi connectivity index (χ0) is 12.6. The Morgan fingerprint density at radius 2 is 2.12 bits per heavy atom. The van der Waals surface area contributed by atoms with Crippen LogP contribution in [0.4, 0.5) is 0 Å². The summed E-state index contributed by atoms with van der Waals surface area (Å²) in [5, 5.41) is 17.1. The van der Waals surface area contributed by atoms with Crippen molar-refractivity contribution in [2.24, 2.45) is 5.73 Å². The Kier molecular flexibility index (Phi) is 2.81. The summed E-state index contributed by atoms with van der Waals surface area (Å²) >= 11 is 0. The predicted molar refractivity (Wildman–Crippen MR) is 61.6 cm³/mol. The molecule has 6 heteroatoms. The van der Waals surface area contributed by atoms with E-state index in [1.54, 1.807) is 22.6 Å². The number of hydrogen-bond donors (Lipinski definition) is 2. The lowest BCUT2D eigenvalue weighted by Crippen LogP contribution is -2.23. The third-order valence-corrected chi connectivity index (χ3v) is 2.58. The van der Waals surface area contributed by atoms with Gasteiger partial charge >= 0.3 is 5.97 Å². The molecule has 2 aromatic heterocycles. The lowest BCUT2D eigenvalue weighted by molar-refractivity contribution is -0.138. The van der Waals surface area contributed by atoms with E-state index in [1.807, 2.05) is 13.8 Å². The van der Waals surface area contributed by atoms with Crippen LogP contribution in [0, 0.1) is 0 Å². The lowest BCUT2D eigenvalue weighted by atomic mass is 10.1. The number of nitrogens with zero attached hydrogens (tertiary/aromatic N) is 3. The van der Waals surface area contributed by atoms with Crippen LogP contribution < -0.4 is 5.73 Å². The first-order valence-corrected chi connectivity index (χ1v) is 5.34. The second-order valence-electron chi connectivity index (χ2n) is 4.17. The van der Waals surface area contributed by atoms with Crippen molar-refractivity contribution in [2.75, 3.05) is 0 Å². The van der Waals surface area contributed by atoms with Gasteiger partial charge in [-0.2, -0.15) is 0 Å². The first-order chi connectivity index (χ1) is 8.02. The summed E-state index contributed by atoms with van der Waals surface area (Å²) in [7, 11) is 0. The predicted octanol–water partition coefficient (Wildman–Crippen LogP) is 0.937. The fraction of sp³-hybridized carbons (Fsp3) is 0.364. The van der Waals surface area contributed by atoms with Crippen LogP contribution >= 0.6 is 0 Å². The van der Waals surface area contributed by atoms with Crippen LogP contribution in [0.3, 0.4) is 0 Å². The molecule has 0 saturated carbocycles. The molecule has 0 aliphatic rings. The van der Waals surface area contributed by atoms with E-state index in [9.17, 15) is 4.79 Å². The molecule has 0 aliphatic heterocycles. The molecule has 2 aromatic rings. The van der Waals surface area contributed by atoms with Crippen molar-refractivity contribution in [2.45, 2.75) is 25.8 Å². The number of fused-ring (bicyclic) bond motifs is 1. The molecule has 6 nitrogen and oxygen atoms in total. The lowest BCUT2D eigenvalue weighted by Gasteiger charge is -2.12. The number of pyridine rings is 1. The van der Waals surface area contributed by atoms with Crippen LogP contribution in [-0.4, -0.2) is 25.7 Å². The first kappa shape index (κ1) is 11.5. The average Bonchev–Trinajstić information content (AvgIpc) is 2.71. The molecule has 0 spiro atoms. The minimum Gasteiger partial charge on any atom is -0.480 e. The molecule has 0 saturated heterocycles. The van der Waals surface area contributed by atoms with E-state index in [4.69, 9.17) is 10.8 Å². The van der Waals surface area contributed by atoms with Crippen LogP contribution in [0.1, 0.15) is 37.3 Å². The molecule has 2 heterocycles. The highest BCUT2D eigenvalue weighted by Gasteiger charge is 2.20. The zero-order valence-electron chi connectivity index (χ0n) is 9.66. The summed E-state index contributed by atoms with van der Waals surface area (Å²) in [5.74, 6) is -0.208. The molecule has 0 aromatic carbocycles. The highest BCUT2D eigenvalue weighted by molar-refractivity contribution is 5.75. The Hall–Kier alpha value is -1.95. The number of nitrogens with two attached hydrogens (primary N) is 1. The van der Waals surface area contributed by atoms with Crippen LogP contribution in [-0.2, 0) is 4.79 Å². The number of carbonyl (C=O) groups is 1. The number of rotatable bonds is 3. The molecule has 0 amide bonds. The summed E-state index contributed by atoms with van der Waals surface area (Å²) in [4.78, 5) is 11.0.